The molecule has 8 nitrogen and oxygen atoms in total. The first-order chi connectivity index (χ1) is 18.4. The van der Waals surface area contributed by atoms with Gasteiger partial charge in [0.2, 0.25) is 0 Å². The van der Waals surface area contributed by atoms with E-state index in [-0.39, 0.29) is 16.5 Å². The van der Waals surface area contributed by atoms with Crippen molar-refractivity contribution in [2.45, 2.75) is 6.04 Å². The number of benzene rings is 3. The molecule has 1 unspecified atom stereocenters. The van der Waals surface area contributed by atoms with Crippen LogP contribution in [0.25, 0.3) is 16.0 Å². The summed E-state index contributed by atoms with van der Waals surface area (Å²) in [6, 6.07) is 15.2. The molecule has 1 aromatic heterocycles. The number of Topliss-reactive ketones (excluding diaryl/α,β-unsaturated/α-hetero) is 1. The largest absolute Gasteiger partial charge is 0.507 e. The van der Waals surface area contributed by atoms with Gasteiger partial charge in [-0.15, -0.1) is 0 Å². The first-order valence-electron chi connectivity index (χ1n) is 11.8. The fraction of sp³-hybridized carbons (Fsp3) is 0.179. The molecule has 0 bridgehead atoms. The van der Waals surface area contributed by atoms with Crippen molar-refractivity contribution in [3.8, 4) is 11.5 Å². The zero-order valence-electron chi connectivity index (χ0n) is 20.5. The van der Waals surface area contributed by atoms with Crippen molar-refractivity contribution in [3.05, 3.63) is 83.2 Å². The number of fused-ring (bicyclic) bond motifs is 2. The molecule has 2 aliphatic rings. The summed E-state index contributed by atoms with van der Waals surface area (Å²) < 4.78 is 25.4. The smallest absolute Gasteiger partial charge is 0.301 e. The van der Waals surface area contributed by atoms with Crippen LogP contribution < -0.4 is 19.3 Å². The molecule has 38 heavy (non-hydrogen) atoms. The van der Waals surface area contributed by atoms with Crippen LogP contribution >= 0.6 is 11.3 Å². The Morgan fingerprint density at radius 3 is 2.68 bits per heavy atom. The number of aromatic nitrogens is 1. The Kier molecular flexibility index (Phi) is 5.76. The number of carbonyl (C=O) groups excluding carboxylic acids is 2. The second-order valence-electron chi connectivity index (χ2n) is 9.00. The van der Waals surface area contributed by atoms with E-state index in [1.54, 1.807) is 42.5 Å². The number of amides is 1. The number of methoxy groups -OCH3 is 1. The average molecular weight is 532 g/mol. The average Bonchev–Trinajstić information content (AvgIpc) is 3.46. The molecule has 0 radical (unpaired) electrons. The summed E-state index contributed by atoms with van der Waals surface area (Å²) in [7, 11) is 3.45. The lowest BCUT2D eigenvalue weighted by molar-refractivity contribution is -0.132. The molecule has 6 rings (SSSR count). The van der Waals surface area contributed by atoms with Crippen molar-refractivity contribution >= 4 is 49.8 Å². The number of anilines is 2. The van der Waals surface area contributed by atoms with Gasteiger partial charge in [-0.3, -0.25) is 14.5 Å². The quantitative estimate of drug-likeness (QED) is 0.228. The molecule has 1 amide bonds. The van der Waals surface area contributed by atoms with Crippen LogP contribution in [0.5, 0.6) is 11.5 Å². The third-order valence-corrected chi connectivity index (χ3v) is 7.77. The van der Waals surface area contributed by atoms with E-state index in [0.717, 1.165) is 17.0 Å². The van der Waals surface area contributed by atoms with Gasteiger partial charge in [0.25, 0.3) is 5.78 Å². The van der Waals surface area contributed by atoms with Gasteiger partial charge in [0.15, 0.2) is 5.13 Å². The number of ether oxygens (including phenoxy) is 2. The van der Waals surface area contributed by atoms with E-state index in [0.29, 0.717) is 46.0 Å². The summed E-state index contributed by atoms with van der Waals surface area (Å²) >= 11 is 1.10. The second kappa shape index (κ2) is 9.14. The molecule has 0 spiro atoms. The van der Waals surface area contributed by atoms with Gasteiger partial charge in [0, 0.05) is 12.6 Å². The van der Waals surface area contributed by atoms with Gasteiger partial charge in [-0.2, -0.15) is 0 Å². The van der Waals surface area contributed by atoms with E-state index in [4.69, 9.17) is 9.47 Å². The maximum atomic E-state index is 13.9. The Balaban J connectivity index is 1.53. The minimum atomic E-state index is -0.962. The van der Waals surface area contributed by atoms with Crippen LogP contribution in [-0.4, -0.2) is 49.1 Å². The molecule has 1 N–H and O–H groups in total. The number of aliphatic hydroxyl groups is 1. The van der Waals surface area contributed by atoms with Gasteiger partial charge in [-0.1, -0.05) is 23.5 Å². The molecule has 1 saturated heterocycles. The van der Waals surface area contributed by atoms with Crippen molar-refractivity contribution in [1.29, 1.82) is 0 Å². The van der Waals surface area contributed by atoms with Crippen LogP contribution in [0.3, 0.4) is 0 Å². The van der Waals surface area contributed by atoms with Crippen molar-refractivity contribution in [1.82, 2.24) is 4.98 Å². The Morgan fingerprint density at radius 1 is 1.13 bits per heavy atom. The van der Waals surface area contributed by atoms with Gasteiger partial charge in [-0.25, -0.2) is 9.37 Å². The predicted octanol–water partition coefficient (Wildman–Crippen LogP) is 4.90. The molecule has 0 saturated carbocycles. The molecule has 0 aliphatic carbocycles. The number of thiazole rings is 1. The molecule has 192 valence electrons. The molecule has 3 aromatic carbocycles. The van der Waals surface area contributed by atoms with Crippen LogP contribution in [0.4, 0.5) is 15.2 Å². The zero-order valence-corrected chi connectivity index (χ0v) is 21.3. The van der Waals surface area contributed by atoms with Crippen LogP contribution in [-0.2, 0) is 9.59 Å². The normalized spacial score (nSPS) is 18.6. The molecular weight excluding hydrogens is 509 g/mol. The lowest BCUT2D eigenvalue weighted by atomic mass is 9.95. The highest BCUT2D eigenvalue weighted by molar-refractivity contribution is 7.22. The van der Waals surface area contributed by atoms with E-state index in [1.807, 2.05) is 11.9 Å². The number of halogens is 1. The van der Waals surface area contributed by atoms with Gasteiger partial charge < -0.3 is 19.5 Å². The summed E-state index contributed by atoms with van der Waals surface area (Å²) in [5.41, 5.74) is 2.16. The lowest BCUT2D eigenvalue weighted by Crippen LogP contribution is -2.29. The van der Waals surface area contributed by atoms with Crippen LogP contribution in [0.1, 0.15) is 17.2 Å². The number of nitrogens with zero attached hydrogens (tertiary/aromatic N) is 3. The first kappa shape index (κ1) is 23.9. The maximum absolute atomic E-state index is 13.9. The Hall–Kier alpha value is -4.44. The van der Waals surface area contributed by atoms with Gasteiger partial charge >= 0.3 is 5.91 Å². The second-order valence-corrected chi connectivity index (χ2v) is 10.0. The standard InChI is InChI=1S/C28H22FN3O5S/c1-31-11-12-37-21-10-5-16(13-20(21)31)25(33)23-24(15-3-7-18(36-2)8-4-15)32(27(35)26(23)34)28-30-19-9-6-17(29)14-22(19)38-28/h3-10,13-14,24,33H,11-12H2,1-2H3/b25-23+. The maximum Gasteiger partial charge on any atom is 0.301 e. The number of ketones is 1. The third kappa shape index (κ3) is 3.84. The van der Waals surface area contributed by atoms with Crippen molar-refractivity contribution in [2.24, 2.45) is 0 Å². The highest BCUT2D eigenvalue weighted by Crippen LogP contribution is 2.45. The van der Waals surface area contributed by atoms with E-state index >= 15 is 0 Å². The number of likely N-dealkylation sites (N-methyl/N-ethyl adjacent to an activating group) is 1. The number of hydrogen-bond acceptors (Lipinski definition) is 8. The highest BCUT2D eigenvalue weighted by atomic mass is 32.1. The van der Waals surface area contributed by atoms with E-state index in [1.165, 1.54) is 30.2 Å². The van der Waals surface area contributed by atoms with Gasteiger partial charge in [0.1, 0.15) is 29.7 Å². The molecule has 1 atom stereocenters. The molecule has 4 aromatic rings. The summed E-state index contributed by atoms with van der Waals surface area (Å²) in [5, 5.41) is 11.7. The van der Waals surface area contributed by atoms with Crippen molar-refractivity contribution in [3.63, 3.8) is 0 Å². The van der Waals surface area contributed by atoms with Gasteiger partial charge in [0.05, 0.1) is 41.2 Å². The molecule has 3 heterocycles. The van der Waals surface area contributed by atoms with Crippen LogP contribution in [0, 0.1) is 5.82 Å². The van der Waals surface area contributed by atoms with Crippen LogP contribution in [0.15, 0.2) is 66.2 Å². The molecule has 10 heteroatoms. The Bertz CT molecular complexity index is 1630. The van der Waals surface area contributed by atoms with Crippen molar-refractivity contribution in [2.75, 3.05) is 37.1 Å². The molecule has 2 aliphatic heterocycles. The minimum absolute atomic E-state index is 0.0649. The number of rotatable bonds is 4. The topological polar surface area (TPSA) is 92.2 Å². The van der Waals surface area contributed by atoms with E-state index in [2.05, 4.69) is 4.98 Å². The fourth-order valence-corrected chi connectivity index (χ4v) is 5.79. The van der Waals surface area contributed by atoms with Gasteiger partial charge in [-0.05, 0) is 54.1 Å². The Morgan fingerprint density at radius 2 is 1.92 bits per heavy atom. The highest BCUT2D eigenvalue weighted by Gasteiger charge is 2.48. The first-order valence-corrected chi connectivity index (χ1v) is 12.7. The van der Waals surface area contributed by atoms with E-state index < -0.39 is 23.5 Å². The number of hydrogen-bond donors (Lipinski definition) is 1. The lowest BCUT2D eigenvalue weighted by Gasteiger charge is -2.28. The summed E-state index contributed by atoms with van der Waals surface area (Å²) in [5.74, 6) is -1.13. The Labute approximate surface area is 221 Å². The summed E-state index contributed by atoms with van der Waals surface area (Å²) in [6.07, 6.45) is 0. The number of aliphatic hydroxyl groups excluding tert-OH is 1. The molecule has 1 fully saturated rings. The van der Waals surface area contributed by atoms with E-state index in [9.17, 15) is 19.1 Å². The van der Waals surface area contributed by atoms with Crippen LogP contribution in [0.2, 0.25) is 0 Å². The SMILES string of the molecule is COc1ccc(C2/C(=C(\O)c3ccc4c(c3)N(C)CCO4)C(=O)C(=O)N2c2nc3ccc(F)cc3s2)cc1. The third-order valence-electron chi connectivity index (χ3n) is 6.75. The number of carbonyl (C=O) groups is 2. The van der Waals surface area contributed by atoms with Crippen molar-refractivity contribution < 1.29 is 28.6 Å². The summed E-state index contributed by atoms with van der Waals surface area (Å²) in [6.45, 7) is 1.22. The fourth-order valence-electron chi connectivity index (χ4n) is 4.77. The zero-order chi connectivity index (χ0) is 26.6. The molecular formula is C28H22FN3O5S. The monoisotopic (exact) mass is 531 g/mol. The summed E-state index contributed by atoms with van der Waals surface area (Å²) in [4.78, 5) is 34.7. The minimum Gasteiger partial charge on any atom is -0.507 e. The predicted molar refractivity (Wildman–Crippen MR) is 143 cm³/mol.